The lowest BCUT2D eigenvalue weighted by Crippen LogP contribution is -2.28. The van der Waals surface area contributed by atoms with Gasteiger partial charge in [0.25, 0.3) is 0 Å². The molecule has 2 heteroatoms. The number of hydrogen-bond acceptors (Lipinski definition) is 2. The summed E-state index contributed by atoms with van der Waals surface area (Å²) in [6.07, 6.45) is 2.52. The van der Waals surface area contributed by atoms with Gasteiger partial charge in [-0.15, -0.1) is 0 Å². The largest absolute Gasteiger partial charge is 0.492 e. The van der Waals surface area contributed by atoms with Crippen LogP contribution in [0.5, 0.6) is 5.75 Å². The summed E-state index contributed by atoms with van der Waals surface area (Å²) in [7, 11) is 0. The van der Waals surface area contributed by atoms with E-state index in [9.17, 15) is 0 Å². The van der Waals surface area contributed by atoms with Crippen molar-refractivity contribution in [3.05, 3.63) is 29.8 Å². The number of rotatable bonds is 4. The van der Waals surface area contributed by atoms with Crippen LogP contribution in [0.2, 0.25) is 0 Å². The third-order valence-electron chi connectivity index (χ3n) is 3.14. The van der Waals surface area contributed by atoms with Gasteiger partial charge in [-0.25, -0.2) is 0 Å². The second-order valence-corrected chi connectivity index (χ2v) is 4.83. The first-order chi connectivity index (χ1) is 7.75. The van der Waals surface area contributed by atoms with E-state index in [0.717, 1.165) is 18.9 Å². The molecule has 1 N–H and O–H groups in total. The summed E-state index contributed by atoms with van der Waals surface area (Å²) in [5, 5.41) is 3.44. The summed E-state index contributed by atoms with van der Waals surface area (Å²) in [6.45, 7) is 6.34. The van der Waals surface area contributed by atoms with Crippen molar-refractivity contribution in [3.8, 4) is 5.75 Å². The fraction of sp³-hybridized carbons (Fsp3) is 0.571. The molecule has 1 aliphatic rings. The fourth-order valence-corrected chi connectivity index (χ4v) is 2.06. The van der Waals surface area contributed by atoms with Crippen molar-refractivity contribution in [2.75, 3.05) is 13.2 Å². The van der Waals surface area contributed by atoms with E-state index in [1.54, 1.807) is 0 Å². The Morgan fingerprint density at radius 1 is 1.44 bits per heavy atom. The maximum atomic E-state index is 5.82. The Hall–Kier alpha value is -1.02. The number of ether oxygens (including phenoxy) is 1. The molecular formula is C14H21NO. The molecular weight excluding hydrogens is 198 g/mol. The van der Waals surface area contributed by atoms with Crippen molar-refractivity contribution >= 4 is 0 Å². The zero-order valence-corrected chi connectivity index (χ0v) is 10.2. The van der Waals surface area contributed by atoms with Gasteiger partial charge in [0.05, 0.1) is 0 Å². The topological polar surface area (TPSA) is 21.3 Å². The third-order valence-corrected chi connectivity index (χ3v) is 3.14. The van der Waals surface area contributed by atoms with E-state index < -0.39 is 0 Å². The Labute approximate surface area is 98.0 Å². The van der Waals surface area contributed by atoms with Crippen LogP contribution in [0.15, 0.2) is 24.3 Å². The monoisotopic (exact) mass is 219 g/mol. The minimum Gasteiger partial charge on any atom is -0.492 e. The van der Waals surface area contributed by atoms with Gasteiger partial charge in [-0.2, -0.15) is 0 Å². The summed E-state index contributed by atoms with van der Waals surface area (Å²) in [5.74, 6) is 1.56. The predicted octanol–water partition coefficient (Wildman–Crippen LogP) is 2.94. The second-order valence-electron chi connectivity index (χ2n) is 4.83. The molecule has 88 valence electrons. The van der Waals surface area contributed by atoms with Crippen LogP contribution >= 0.6 is 0 Å². The molecule has 1 atom stereocenters. The van der Waals surface area contributed by atoms with Crippen molar-refractivity contribution in [2.45, 2.75) is 38.6 Å². The Kier molecular flexibility index (Phi) is 3.83. The highest BCUT2D eigenvalue weighted by Crippen LogP contribution is 2.20. The van der Waals surface area contributed by atoms with E-state index in [1.165, 1.54) is 18.4 Å². The van der Waals surface area contributed by atoms with Crippen LogP contribution in [-0.4, -0.2) is 19.2 Å². The molecule has 0 aromatic heterocycles. The van der Waals surface area contributed by atoms with Gasteiger partial charge in [0.2, 0.25) is 0 Å². The molecule has 1 aromatic carbocycles. The molecule has 0 spiro atoms. The molecule has 0 radical (unpaired) electrons. The Bertz CT molecular complexity index is 329. The quantitative estimate of drug-likeness (QED) is 0.840. The highest BCUT2D eigenvalue weighted by atomic mass is 16.5. The lowest BCUT2D eigenvalue weighted by atomic mass is 10.0. The maximum Gasteiger partial charge on any atom is 0.119 e. The molecule has 0 bridgehead atoms. The predicted molar refractivity (Wildman–Crippen MR) is 67.1 cm³/mol. The van der Waals surface area contributed by atoms with Gasteiger partial charge in [0, 0.05) is 6.04 Å². The first kappa shape index (κ1) is 11.5. The van der Waals surface area contributed by atoms with Crippen LogP contribution in [0.1, 0.15) is 38.2 Å². The number of benzene rings is 1. The highest BCUT2D eigenvalue weighted by molar-refractivity contribution is 5.30. The first-order valence-electron chi connectivity index (χ1n) is 6.22. The first-order valence-corrected chi connectivity index (χ1v) is 6.22. The molecule has 1 fully saturated rings. The molecule has 16 heavy (non-hydrogen) atoms. The van der Waals surface area contributed by atoms with Gasteiger partial charge in [0.15, 0.2) is 0 Å². The van der Waals surface area contributed by atoms with Crippen LogP contribution in [0, 0.1) is 0 Å². The second kappa shape index (κ2) is 5.35. The zero-order valence-electron chi connectivity index (χ0n) is 10.2. The third kappa shape index (κ3) is 2.99. The summed E-state index contributed by atoms with van der Waals surface area (Å²) >= 11 is 0. The number of nitrogens with one attached hydrogen (secondary N) is 1. The lowest BCUT2D eigenvalue weighted by molar-refractivity contribution is 0.277. The minimum absolute atomic E-state index is 0.544. The average Bonchev–Trinajstić information content (AvgIpc) is 2.79. The summed E-state index contributed by atoms with van der Waals surface area (Å²) in [6, 6.07) is 8.97. The van der Waals surface area contributed by atoms with Crippen LogP contribution in [-0.2, 0) is 0 Å². The van der Waals surface area contributed by atoms with Gasteiger partial charge in [0.1, 0.15) is 12.4 Å². The van der Waals surface area contributed by atoms with E-state index in [4.69, 9.17) is 4.74 Å². The fourth-order valence-electron chi connectivity index (χ4n) is 2.06. The summed E-state index contributed by atoms with van der Waals surface area (Å²) in [4.78, 5) is 0. The van der Waals surface area contributed by atoms with Crippen LogP contribution < -0.4 is 10.1 Å². The molecule has 2 rings (SSSR count). The Morgan fingerprint density at radius 2 is 2.31 bits per heavy atom. The van der Waals surface area contributed by atoms with E-state index in [2.05, 4.69) is 37.4 Å². The van der Waals surface area contributed by atoms with Crippen molar-refractivity contribution < 1.29 is 4.74 Å². The van der Waals surface area contributed by atoms with Gasteiger partial charge in [-0.1, -0.05) is 26.0 Å². The van der Waals surface area contributed by atoms with E-state index in [1.807, 2.05) is 6.07 Å². The minimum atomic E-state index is 0.544. The lowest BCUT2D eigenvalue weighted by Gasteiger charge is -2.13. The van der Waals surface area contributed by atoms with Crippen molar-refractivity contribution in [3.63, 3.8) is 0 Å². The zero-order chi connectivity index (χ0) is 11.4. The van der Waals surface area contributed by atoms with Crippen LogP contribution in [0.3, 0.4) is 0 Å². The van der Waals surface area contributed by atoms with Crippen LogP contribution in [0.25, 0.3) is 0 Å². The molecule has 1 aliphatic heterocycles. The van der Waals surface area contributed by atoms with Gasteiger partial charge >= 0.3 is 0 Å². The van der Waals surface area contributed by atoms with E-state index >= 15 is 0 Å². The Morgan fingerprint density at radius 3 is 3.00 bits per heavy atom. The average molecular weight is 219 g/mol. The molecule has 2 nitrogen and oxygen atoms in total. The summed E-state index contributed by atoms with van der Waals surface area (Å²) < 4.78 is 5.82. The van der Waals surface area contributed by atoms with Gasteiger partial charge in [-0.3, -0.25) is 0 Å². The number of hydrogen-bond donors (Lipinski definition) is 1. The van der Waals surface area contributed by atoms with Crippen LogP contribution in [0.4, 0.5) is 0 Å². The Balaban J connectivity index is 1.90. The van der Waals surface area contributed by atoms with Crippen molar-refractivity contribution in [2.24, 2.45) is 0 Å². The normalized spacial score (nSPS) is 20.3. The smallest absolute Gasteiger partial charge is 0.119 e. The van der Waals surface area contributed by atoms with E-state index in [-0.39, 0.29) is 0 Å². The highest BCUT2D eigenvalue weighted by Gasteiger charge is 2.14. The van der Waals surface area contributed by atoms with Gasteiger partial charge in [-0.05, 0) is 43.0 Å². The standard InChI is InChI=1S/C14H21NO/c1-11(2)12-5-3-7-14(9-12)16-10-13-6-4-8-15-13/h3,5,7,9,11,13,15H,4,6,8,10H2,1-2H3/t13-/m0/s1. The molecule has 0 amide bonds. The van der Waals surface area contributed by atoms with Crippen molar-refractivity contribution in [1.82, 2.24) is 5.32 Å². The molecule has 0 saturated carbocycles. The molecule has 1 saturated heterocycles. The molecule has 1 heterocycles. The van der Waals surface area contributed by atoms with Crippen molar-refractivity contribution in [1.29, 1.82) is 0 Å². The SMILES string of the molecule is CC(C)c1cccc(OC[C@@H]2CCCN2)c1. The molecule has 0 unspecified atom stereocenters. The van der Waals surface area contributed by atoms with E-state index in [0.29, 0.717) is 12.0 Å². The van der Waals surface area contributed by atoms with Gasteiger partial charge < -0.3 is 10.1 Å². The molecule has 0 aliphatic carbocycles. The maximum absolute atomic E-state index is 5.82. The summed E-state index contributed by atoms with van der Waals surface area (Å²) in [5.41, 5.74) is 1.34. The molecule has 1 aromatic rings.